The molecule has 4 aliphatic rings. The molecule has 3 heterocycles. The van der Waals surface area contributed by atoms with E-state index in [1.165, 1.54) is 11.8 Å². The second kappa shape index (κ2) is 8.24. The van der Waals surface area contributed by atoms with E-state index < -0.39 is 17.2 Å². The first-order valence-corrected chi connectivity index (χ1v) is 11.0. The van der Waals surface area contributed by atoms with Gasteiger partial charge in [0.1, 0.15) is 22.4 Å². The minimum Gasteiger partial charge on any atom is -0.484 e. The fraction of sp³-hybridized carbons (Fsp3) is 0.476. The molecule has 3 aliphatic heterocycles. The fourth-order valence-electron chi connectivity index (χ4n) is 4.30. The third-order valence-electron chi connectivity index (χ3n) is 6.05. The number of nitrogens with zero attached hydrogens (tertiary/aromatic N) is 1. The van der Waals surface area contributed by atoms with Crippen LogP contribution in [0.15, 0.2) is 29.2 Å². The molecule has 0 saturated carbocycles. The Kier molecular flexibility index (Phi) is 5.83. The van der Waals surface area contributed by atoms with Gasteiger partial charge in [0.2, 0.25) is 11.6 Å². The quantitative estimate of drug-likeness (QED) is 0.658. The van der Waals surface area contributed by atoms with E-state index >= 15 is 0 Å². The van der Waals surface area contributed by atoms with Crippen molar-refractivity contribution in [3.63, 3.8) is 0 Å². The number of hydrogen-bond acceptors (Lipinski definition) is 7. The van der Waals surface area contributed by atoms with Gasteiger partial charge in [-0.15, -0.1) is 24.2 Å². The van der Waals surface area contributed by atoms with Crippen LogP contribution in [0.1, 0.15) is 35.2 Å². The minimum atomic E-state index is -0.482. The van der Waals surface area contributed by atoms with Crippen molar-refractivity contribution in [1.29, 1.82) is 0 Å². The van der Waals surface area contributed by atoms with Gasteiger partial charge in [-0.1, -0.05) is 24.3 Å². The highest BCUT2D eigenvalue weighted by molar-refractivity contribution is 8.04. The van der Waals surface area contributed by atoms with Crippen LogP contribution < -0.4 is 5.32 Å². The van der Waals surface area contributed by atoms with Crippen molar-refractivity contribution in [2.75, 3.05) is 31.9 Å². The minimum absolute atomic E-state index is 0. The summed E-state index contributed by atoms with van der Waals surface area (Å²) < 4.78 is 12.0. The van der Waals surface area contributed by atoms with Crippen molar-refractivity contribution in [2.24, 2.45) is 0 Å². The average Bonchev–Trinajstić information content (AvgIpc) is 3.25. The number of benzene rings is 1. The third-order valence-corrected chi connectivity index (χ3v) is 7.38. The molecule has 1 aromatic rings. The zero-order valence-corrected chi connectivity index (χ0v) is 18.0. The van der Waals surface area contributed by atoms with Crippen LogP contribution in [0, 0.1) is 0 Å². The Morgan fingerprint density at radius 3 is 2.60 bits per heavy atom. The number of ketones is 2. The third kappa shape index (κ3) is 3.61. The van der Waals surface area contributed by atoms with E-state index in [9.17, 15) is 14.4 Å². The van der Waals surface area contributed by atoms with Crippen molar-refractivity contribution in [3.8, 4) is 0 Å². The highest BCUT2D eigenvalue weighted by atomic mass is 35.5. The van der Waals surface area contributed by atoms with Crippen LogP contribution in [-0.4, -0.2) is 66.2 Å². The maximum Gasteiger partial charge on any atom is 0.410 e. The Morgan fingerprint density at radius 2 is 1.90 bits per heavy atom. The van der Waals surface area contributed by atoms with Gasteiger partial charge in [-0.3, -0.25) is 9.59 Å². The molecule has 160 valence electrons. The van der Waals surface area contributed by atoms with E-state index in [-0.39, 0.29) is 24.6 Å². The maximum atomic E-state index is 12.5. The van der Waals surface area contributed by atoms with E-state index in [2.05, 4.69) is 5.32 Å². The molecule has 30 heavy (non-hydrogen) atoms. The number of carbonyl (C=O) groups excluding carboxylic acids is 3. The van der Waals surface area contributed by atoms with E-state index in [0.717, 1.165) is 13.0 Å². The number of halogens is 1. The largest absolute Gasteiger partial charge is 0.484 e. The van der Waals surface area contributed by atoms with Gasteiger partial charge in [0.25, 0.3) is 0 Å². The number of amides is 1. The molecule has 1 aliphatic carbocycles. The number of Topliss-reactive ketones (excluding diaryl/α,β-unsaturated/α-hetero) is 2. The molecule has 1 aromatic carbocycles. The Morgan fingerprint density at radius 1 is 1.17 bits per heavy atom. The number of carbonyl (C=O) groups is 3. The Bertz CT molecular complexity index is 920. The summed E-state index contributed by atoms with van der Waals surface area (Å²) in [5.74, 6) is 0.173. The van der Waals surface area contributed by atoms with Gasteiger partial charge in [-0.05, 0) is 13.0 Å². The van der Waals surface area contributed by atoms with Crippen molar-refractivity contribution < 1.29 is 23.9 Å². The van der Waals surface area contributed by atoms with Gasteiger partial charge in [0.15, 0.2) is 0 Å². The number of hydrogen-bond donors (Lipinski definition) is 1. The van der Waals surface area contributed by atoms with Crippen LogP contribution >= 0.6 is 24.2 Å². The topological polar surface area (TPSA) is 84.9 Å². The number of fused-ring (bicyclic) bond motifs is 2. The molecule has 1 amide bonds. The highest BCUT2D eigenvalue weighted by Gasteiger charge is 2.46. The number of rotatable bonds is 1. The standard InChI is InChI=1S/C21H22N2O5S.ClH/c24-16-14-3-1-2-4-15(14)18-19(17(16)25)29-12-21(28-18)6-9-23(10-7-21)20(26)27-13-5-8-22-11-13;/h1-4,13,22H,5-12H2;1H. The zero-order chi connectivity index (χ0) is 20.0. The number of ether oxygens (including phenoxy) is 2. The maximum absolute atomic E-state index is 12.5. The van der Waals surface area contributed by atoms with Gasteiger partial charge in [0, 0.05) is 49.4 Å². The summed E-state index contributed by atoms with van der Waals surface area (Å²) in [4.78, 5) is 39.5. The van der Waals surface area contributed by atoms with E-state index in [1.807, 2.05) is 12.1 Å². The molecule has 9 heteroatoms. The lowest BCUT2D eigenvalue weighted by atomic mass is 9.90. The fourth-order valence-corrected chi connectivity index (χ4v) is 5.56. The molecule has 2 fully saturated rings. The monoisotopic (exact) mass is 450 g/mol. The van der Waals surface area contributed by atoms with Crippen LogP contribution in [0.5, 0.6) is 0 Å². The van der Waals surface area contributed by atoms with Gasteiger partial charge in [0.05, 0.1) is 0 Å². The smallest absolute Gasteiger partial charge is 0.410 e. The van der Waals surface area contributed by atoms with Crippen LogP contribution in [0.25, 0.3) is 5.76 Å². The molecular weight excluding hydrogens is 428 g/mol. The second-order valence-corrected chi connectivity index (χ2v) is 8.91. The molecule has 2 saturated heterocycles. The second-order valence-electron chi connectivity index (χ2n) is 7.92. The molecule has 1 atom stereocenters. The number of piperidine rings is 1. The summed E-state index contributed by atoms with van der Waals surface area (Å²) in [6.07, 6.45) is 1.88. The Labute approximate surface area is 184 Å². The lowest BCUT2D eigenvalue weighted by Crippen LogP contribution is -2.51. The van der Waals surface area contributed by atoms with Gasteiger partial charge in [-0.2, -0.15) is 0 Å². The van der Waals surface area contributed by atoms with E-state index in [0.29, 0.717) is 60.0 Å². The van der Waals surface area contributed by atoms with Crippen LogP contribution in [0.2, 0.25) is 0 Å². The van der Waals surface area contributed by atoms with Gasteiger partial charge < -0.3 is 19.7 Å². The predicted molar refractivity (Wildman–Crippen MR) is 115 cm³/mol. The zero-order valence-electron chi connectivity index (χ0n) is 16.3. The van der Waals surface area contributed by atoms with Gasteiger partial charge >= 0.3 is 6.09 Å². The number of allylic oxidation sites excluding steroid dienone is 1. The van der Waals surface area contributed by atoms with E-state index in [4.69, 9.17) is 9.47 Å². The average molecular weight is 451 g/mol. The summed E-state index contributed by atoms with van der Waals surface area (Å²) >= 11 is 1.41. The number of nitrogens with one attached hydrogen (secondary N) is 1. The van der Waals surface area contributed by atoms with Crippen LogP contribution in [0.3, 0.4) is 0 Å². The van der Waals surface area contributed by atoms with Crippen molar-refractivity contribution in [1.82, 2.24) is 10.2 Å². The first-order valence-electron chi connectivity index (χ1n) is 9.97. The Hall–Kier alpha value is -2.03. The first-order chi connectivity index (χ1) is 14.1. The summed E-state index contributed by atoms with van der Waals surface area (Å²) in [5.41, 5.74) is 0.650. The summed E-state index contributed by atoms with van der Waals surface area (Å²) in [6, 6.07) is 7.10. The van der Waals surface area contributed by atoms with Crippen molar-refractivity contribution in [3.05, 3.63) is 40.3 Å². The number of likely N-dealkylation sites (tertiary alicyclic amines) is 1. The van der Waals surface area contributed by atoms with Crippen molar-refractivity contribution >= 4 is 47.6 Å². The molecular formula is C21H23ClN2O5S. The molecule has 0 radical (unpaired) electrons. The lowest BCUT2D eigenvalue weighted by molar-refractivity contribution is -0.111. The summed E-state index contributed by atoms with van der Waals surface area (Å²) in [5, 5.41) is 3.19. The predicted octanol–water partition coefficient (Wildman–Crippen LogP) is 2.64. The van der Waals surface area contributed by atoms with Crippen molar-refractivity contribution in [2.45, 2.75) is 31.0 Å². The lowest BCUT2D eigenvalue weighted by Gasteiger charge is -2.45. The summed E-state index contributed by atoms with van der Waals surface area (Å²) in [6.45, 7) is 2.70. The summed E-state index contributed by atoms with van der Waals surface area (Å²) in [7, 11) is 0. The Balaban J connectivity index is 0.00000218. The van der Waals surface area contributed by atoms with E-state index in [1.54, 1.807) is 17.0 Å². The SMILES string of the molecule is Cl.O=C1C(=O)c2ccccc2C2=C1SCC1(CCN(C(=O)OC3CCNC3)CC1)O2. The van der Waals surface area contributed by atoms with Gasteiger partial charge in [-0.25, -0.2) is 4.79 Å². The molecule has 0 bridgehead atoms. The van der Waals surface area contributed by atoms with Crippen LogP contribution in [-0.2, 0) is 14.3 Å². The normalized spacial score (nSPS) is 24.7. The molecule has 1 N–H and O–H groups in total. The molecule has 5 rings (SSSR count). The molecule has 0 aromatic heterocycles. The molecule has 1 unspecified atom stereocenters. The highest BCUT2D eigenvalue weighted by Crippen LogP contribution is 2.47. The molecule has 1 spiro atoms. The molecule has 7 nitrogen and oxygen atoms in total. The number of thioether (sulfide) groups is 1. The first kappa shape index (κ1) is 21.2. The van der Waals surface area contributed by atoms with Crippen LogP contribution in [0.4, 0.5) is 4.79 Å².